The number of pyridine rings is 1. The molecule has 1 atom stereocenters. The summed E-state index contributed by atoms with van der Waals surface area (Å²) in [7, 11) is 0. The van der Waals surface area contributed by atoms with E-state index in [1.165, 1.54) is 0 Å². The van der Waals surface area contributed by atoms with Crippen molar-refractivity contribution in [2.45, 2.75) is 13.0 Å². The van der Waals surface area contributed by atoms with Crippen molar-refractivity contribution in [3.63, 3.8) is 0 Å². The van der Waals surface area contributed by atoms with Crippen molar-refractivity contribution in [2.75, 3.05) is 0 Å². The Kier molecular flexibility index (Phi) is 3.89. The van der Waals surface area contributed by atoms with Gasteiger partial charge in [-0.05, 0) is 31.2 Å². The molecule has 0 aliphatic carbocycles. The molecular formula is C15H13N3O. The number of nitrogens with one attached hydrogen (secondary N) is 1. The normalized spacial score (nSPS) is 11.4. The molecule has 94 valence electrons. The monoisotopic (exact) mass is 251 g/mol. The molecule has 0 saturated heterocycles. The maximum absolute atomic E-state index is 12.0. The van der Waals surface area contributed by atoms with Gasteiger partial charge in [-0.3, -0.25) is 9.78 Å². The Labute approximate surface area is 111 Å². The first-order chi connectivity index (χ1) is 9.20. The van der Waals surface area contributed by atoms with Crippen LogP contribution < -0.4 is 5.32 Å². The Bertz CT molecular complexity index is 600. The number of nitriles is 1. The SMILES string of the molecule is Cc1ccc(C(=O)NC(C#N)c2ccccn2)cc1. The Hall–Kier alpha value is -2.67. The number of rotatable bonds is 3. The van der Waals surface area contributed by atoms with E-state index in [0.717, 1.165) is 5.56 Å². The van der Waals surface area contributed by atoms with E-state index >= 15 is 0 Å². The summed E-state index contributed by atoms with van der Waals surface area (Å²) >= 11 is 0. The van der Waals surface area contributed by atoms with Crippen LogP contribution in [-0.2, 0) is 0 Å². The standard InChI is InChI=1S/C15H13N3O/c1-11-5-7-12(8-6-11)15(19)18-14(10-16)13-4-2-3-9-17-13/h2-9,14H,1H3,(H,18,19). The van der Waals surface area contributed by atoms with Gasteiger partial charge in [0.1, 0.15) is 0 Å². The van der Waals surface area contributed by atoms with E-state index in [4.69, 9.17) is 5.26 Å². The molecule has 0 spiro atoms. The second-order valence-electron chi connectivity index (χ2n) is 4.16. The molecule has 1 N–H and O–H groups in total. The van der Waals surface area contributed by atoms with Crippen LogP contribution in [0.15, 0.2) is 48.7 Å². The molecule has 2 rings (SSSR count). The van der Waals surface area contributed by atoms with Crippen molar-refractivity contribution in [1.82, 2.24) is 10.3 Å². The third-order valence-electron chi connectivity index (χ3n) is 2.70. The fraction of sp³-hybridized carbons (Fsp3) is 0.133. The minimum absolute atomic E-state index is 0.280. The van der Waals surface area contributed by atoms with Gasteiger partial charge in [-0.2, -0.15) is 5.26 Å². The van der Waals surface area contributed by atoms with Crippen molar-refractivity contribution < 1.29 is 4.79 Å². The number of aromatic nitrogens is 1. The quantitative estimate of drug-likeness (QED) is 0.910. The second-order valence-corrected chi connectivity index (χ2v) is 4.16. The molecule has 4 nitrogen and oxygen atoms in total. The lowest BCUT2D eigenvalue weighted by Gasteiger charge is -2.11. The summed E-state index contributed by atoms with van der Waals surface area (Å²) in [5.41, 5.74) is 2.14. The molecule has 1 aromatic heterocycles. The average molecular weight is 251 g/mol. The van der Waals surface area contributed by atoms with Gasteiger partial charge < -0.3 is 5.32 Å². The number of nitrogens with zero attached hydrogens (tertiary/aromatic N) is 2. The van der Waals surface area contributed by atoms with Crippen molar-refractivity contribution in [3.8, 4) is 6.07 Å². The highest BCUT2D eigenvalue weighted by molar-refractivity contribution is 5.94. The first kappa shape index (κ1) is 12.8. The predicted molar refractivity (Wildman–Crippen MR) is 71.2 cm³/mol. The van der Waals surface area contributed by atoms with Gasteiger partial charge in [0.25, 0.3) is 5.91 Å². The maximum Gasteiger partial charge on any atom is 0.252 e. The van der Waals surface area contributed by atoms with Crippen LogP contribution in [0, 0.1) is 18.3 Å². The topological polar surface area (TPSA) is 65.8 Å². The number of hydrogen-bond donors (Lipinski definition) is 1. The number of amides is 1. The summed E-state index contributed by atoms with van der Waals surface area (Å²) in [4.78, 5) is 16.1. The molecule has 0 fully saturated rings. The van der Waals surface area contributed by atoms with Gasteiger partial charge in [0, 0.05) is 11.8 Å². The van der Waals surface area contributed by atoms with Gasteiger partial charge in [-0.1, -0.05) is 23.8 Å². The van der Waals surface area contributed by atoms with Gasteiger partial charge in [0.2, 0.25) is 0 Å². The van der Waals surface area contributed by atoms with Crippen LogP contribution in [0.5, 0.6) is 0 Å². The largest absolute Gasteiger partial charge is 0.331 e. The molecule has 4 heteroatoms. The molecular weight excluding hydrogens is 238 g/mol. The van der Waals surface area contributed by atoms with Crippen LogP contribution in [0.4, 0.5) is 0 Å². The van der Waals surface area contributed by atoms with E-state index in [0.29, 0.717) is 11.3 Å². The molecule has 0 radical (unpaired) electrons. The molecule has 0 aliphatic rings. The third-order valence-corrected chi connectivity index (χ3v) is 2.70. The molecule has 1 unspecified atom stereocenters. The highest BCUT2D eigenvalue weighted by Gasteiger charge is 2.15. The highest BCUT2D eigenvalue weighted by Crippen LogP contribution is 2.10. The first-order valence-electron chi connectivity index (χ1n) is 5.89. The zero-order chi connectivity index (χ0) is 13.7. The van der Waals surface area contributed by atoms with Crippen molar-refractivity contribution in [3.05, 3.63) is 65.5 Å². The van der Waals surface area contributed by atoms with Crippen LogP contribution in [0.2, 0.25) is 0 Å². The Morgan fingerprint density at radius 1 is 1.26 bits per heavy atom. The van der Waals surface area contributed by atoms with Gasteiger partial charge in [0.15, 0.2) is 6.04 Å². The van der Waals surface area contributed by atoms with Gasteiger partial charge >= 0.3 is 0 Å². The van der Waals surface area contributed by atoms with Crippen LogP contribution in [0.3, 0.4) is 0 Å². The number of aryl methyl sites for hydroxylation is 1. The second kappa shape index (κ2) is 5.78. The Morgan fingerprint density at radius 3 is 2.58 bits per heavy atom. The number of hydrogen-bond acceptors (Lipinski definition) is 3. The first-order valence-corrected chi connectivity index (χ1v) is 5.89. The maximum atomic E-state index is 12.0. The van der Waals surface area contributed by atoms with E-state index in [-0.39, 0.29) is 5.91 Å². The summed E-state index contributed by atoms with van der Waals surface area (Å²) in [5.74, 6) is -0.280. The molecule has 19 heavy (non-hydrogen) atoms. The highest BCUT2D eigenvalue weighted by atomic mass is 16.1. The molecule has 0 saturated carbocycles. The van der Waals surface area contributed by atoms with Crippen LogP contribution in [0.25, 0.3) is 0 Å². The van der Waals surface area contributed by atoms with Crippen molar-refractivity contribution >= 4 is 5.91 Å². The smallest absolute Gasteiger partial charge is 0.252 e. The summed E-state index contributed by atoms with van der Waals surface area (Å²) < 4.78 is 0. The number of benzene rings is 1. The molecule has 1 heterocycles. The van der Waals surface area contributed by atoms with Crippen molar-refractivity contribution in [1.29, 1.82) is 5.26 Å². The lowest BCUT2D eigenvalue weighted by molar-refractivity contribution is 0.0944. The van der Waals surface area contributed by atoms with Gasteiger partial charge in [0.05, 0.1) is 11.8 Å². The average Bonchev–Trinajstić information content (AvgIpc) is 2.46. The van der Waals surface area contributed by atoms with E-state index in [9.17, 15) is 4.79 Å². The fourth-order valence-electron chi connectivity index (χ4n) is 1.64. The molecule has 0 aliphatic heterocycles. The van der Waals surface area contributed by atoms with E-state index in [2.05, 4.69) is 10.3 Å². The number of carbonyl (C=O) groups excluding carboxylic acids is 1. The zero-order valence-electron chi connectivity index (χ0n) is 10.5. The summed E-state index contributed by atoms with van der Waals surface area (Å²) in [6.07, 6.45) is 1.59. The van der Waals surface area contributed by atoms with Gasteiger partial charge in [-0.25, -0.2) is 0 Å². The minimum Gasteiger partial charge on any atom is -0.331 e. The van der Waals surface area contributed by atoms with Crippen LogP contribution in [0.1, 0.15) is 27.7 Å². The lowest BCUT2D eigenvalue weighted by atomic mass is 10.1. The summed E-state index contributed by atoms with van der Waals surface area (Å²) in [6.45, 7) is 1.95. The fourth-order valence-corrected chi connectivity index (χ4v) is 1.64. The lowest BCUT2D eigenvalue weighted by Crippen LogP contribution is -2.28. The van der Waals surface area contributed by atoms with E-state index in [1.54, 1.807) is 36.5 Å². The summed E-state index contributed by atoms with van der Waals surface area (Å²) in [5, 5.41) is 11.8. The van der Waals surface area contributed by atoms with Crippen LogP contribution >= 0.6 is 0 Å². The van der Waals surface area contributed by atoms with Crippen molar-refractivity contribution in [2.24, 2.45) is 0 Å². The molecule has 1 aromatic carbocycles. The Morgan fingerprint density at radius 2 is 2.00 bits per heavy atom. The molecule has 2 aromatic rings. The summed E-state index contributed by atoms with van der Waals surface area (Å²) in [6, 6.07) is 13.7. The van der Waals surface area contributed by atoms with Crippen LogP contribution in [-0.4, -0.2) is 10.9 Å². The molecule has 0 bridgehead atoms. The Balaban J connectivity index is 2.13. The minimum atomic E-state index is -0.741. The predicted octanol–water partition coefficient (Wildman–Crippen LogP) is 2.38. The van der Waals surface area contributed by atoms with Gasteiger partial charge in [-0.15, -0.1) is 0 Å². The zero-order valence-corrected chi connectivity index (χ0v) is 10.5. The van der Waals surface area contributed by atoms with E-state index in [1.807, 2.05) is 25.1 Å². The third kappa shape index (κ3) is 3.17. The number of carbonyl (C=O) groups is 1. The van der Waals surface area contributed by atoms with E-state index < -0.39 is 6.04 Å². The molecule has 1 amide bonds.